The molecule has 0 amide bonds. The lowest BCUT2D eigenvalue weighted by molar-refractivity contribution is 0.0971. The van der Waals surface area contributed by atoms with E-state index >= 15 is 0 Å². The number of carbonyl (C=O) groups excluding carboxylic acids is 1. The summed E-state index contributed by atoms with van der Waals surface area (Å²) in [4.78, 5) is 25.4. The van der Waals surface area contributed by atoms with Gasteiger partial charge in [0.15, 0.2) is 5.78 Å². The summed E-state index contributed by atoms with van der Waals surface area (Å²) >= 11 is 0. The predicted octanol–water partition coefficient (Wildman–Crippen LogP) is 2.66. The van der Waals surface area contributed by atoms with E-state index in [1.54, 1.807) is 18.3 Å². The van der Waals surface area contributed by atoms with E-state index in [0.29, 0.717) is 36.4 Å². The minimum atomic E-state index is 0.0122. The highest BCUT2D eigenvalue weighted by Crippen LogP contribution is 2.21. The van der Waals surface area contributed by atoms with Gasteiger partial charge in [0.25, 0.3) is 0 Å². The lowest BCUT2D eigenvalue weighted by atomic mass is 10.1. The molecule has 0 bridgehead atoms. The van der Waals surface area contributed by atoms with Crippen LogP contribution in [0.2, 0.25) is 0 Å². The van der Waals surface area contributed by atoms with Gasteiger partial charge in [-0.25, -0.2) is 15.0 Å². The van der Waals surface area contributed by atoms with Gasteiger partial charge in [-0.3, -0.25) is 4.79 Å². The molecule has 3 heterocycles. The number of Topliss-reactive ketones (excluding diaryl/α,β-unsaturated/α-hetero) is 1. The molecule has 3 aromatic heterocycles. The highest BCUT2D eigenvalue weighted by molar-refractivity contribution is 5.98. The second-order valence-electron chi connectivity index (χ2n) is 6.15. The molecule has 4 aromatic rings. The second kappa shape index (κ2) is 6.68. The number of carbonyl (C=O) groups is 1. The Morgan fingerprint density at radius 3 is 2.92 bits per heavy atom. The van der Waals surface area contributed by atoms with E-state index in [1.165, 1.54) is 0 Å². The Labute approximate surface area is 149 Å². The minimum Gasteiger partial charge on any atom is -0.422 e. The third kappa shape index (κ3) is 2.97. The van der Waals surface area contributed by atoms with Gasteiger partial charge in [-0.15, -0.1) is 0 Å². The first-order valence-corrected chi connectivity index (χ1v) is 8.45. The normalized spacial score (nSPS) is 11.5. The van der Waals surface area contributed by atoms with Crippen molar-refractivity contribution in [1.82, 2.24) is 19.5 Å². The number of aryl methyl sites for hydroxylation is 1. The molecule has 1 aromatic carbocycles. The van der Waals surface area contributed by atoms with E-state index in [2.05, 4.69) is 15.0 Å². The molecule has 1 N–H and O–H groups in total. The molecule has 0 aliphatic heterocycles. The van der Waals surface area contributed by atoms with Gasteiger partial charge in [0.1, 0.15) is 11.3 Å². The summed E-state index contributed by atoms with van der Waals surface area (Å²) in [5.74, 6) is 1.36. The number of oxazole rings is 1. The Bertz CT molecular complexity index is 1060. The molecule has 0 unspecified atom stereocenters. The van der Waals surface area contributed by atoms with Crippen LogP contribution in [0.25, 0.3) is 22.3 Å². The molecule has 0 aliphatic carbocycles. The zero-order chi connectivity index (χ0) is 18.1. The average Bonchev–Trinajstić information content (AvgIpc) is 3.20. The Kier molecular flexibility index (Phi) is 4.22. The smallest absolute Gasteiger partial charge is 0.246 e. The van der Waals surface area contributed by atoms with Crippen LogP contribution in [-0.4, -0.2) is 37.0 Å². The van der Waals surface area contributed by atoms with Crippen molar-refractivity contribution in [3.05, 3.63) is 53.8 Å². The van der Waals surface area contributed by atoms with Gasteiger partial charge < -0.3 is 14.1 Å². The minimum absolute atomic E-state index is 0.0122. The number of hydrogen-bond acceptors (Lipinski definition) is 6. The lowest BCUT2D eigenvalue weighted by Gasteiger charge is -2.01. The summed E-state index contributed by atoms with van der Waals surface area (Å²) in [6.07, 6.45) is 2.91. The Balaban J connectivity index is 1.65. The number of imidazole rings is 1. The van der Waals surface area contributed by atoms with E-state index in [0.717, 1.165) is 22.4 Å². The summed E-state index contributed by atoms with van der Waals surface area (Å²) in [7, 11) is 1.93. The van der Waals surface area contributed by atoms with Crippen LogP contribution in [0.15, 0.2) is 40.9 Å². The summed E-state index contributed by atoms with van der Waals surface area (Å²) in [6, 6.07) is 9.17. The molecule has 0 spiro atoms. The summed E-state index contributed by atoms with van der Waals surface area (Å²) < 4.78 is 7.65. The van der Waals surface area contributed by atoms with Gasteiger partial charge in [-0.2, -0.15) is 0 Å². The third-order valence-corrected chi connectivity index (χ3v) is 4.38. The molecule has 132 valence electrons. The van der Waals surface area contributed by atoms with Crippen LogP contribution in [0.5, 0.6) is 0 Å². The fraction of sp³-hybridized carbons (Fsp3) is 0.263. The Morgan fingerprint density at radius 1 is 1.23 bits per heavy atom. The molecule has 0 fully saturated rings. The quantitative estimate of drug-likeness (QED) is 0.537. The number of aliphatic hydroxyl groups excluding tert-OH is 1. The van der Waals surface area contributed by atoms with Crippen LogP contribution >= 0.6 is 0 Å². The number of benzene rings is 1. The number of nitrogens with zero attached hydrogens (tertiary/aromatic N) is 4. The van der Waals surface area contributed by atoms with Crippen molar-refractivity contribution in [2.45, 2.75) is 19.3 Å². The fourth-order valence-electron chi connectivity index (χ4n) is 2.99. The number of fused-ring (bicyclic) bond motifs is 2. The van der Waals surface area contributed by atoms with Gasteiger partial charge in [0.2, 0.25) is 11.6 Å². The predicted molar refractivity (Wildman–Crippen MR) is 96.0 cm³/mol. The molecule has 0 saturated heterocycles. The summed E-state index contributed by atoms with van der Waals surface area (Å²) in [5, 5.41) is 8.88. The third-order valence-electron chi connectivity index (χ3n) is 4.38. The topological polar surface area (TPSA) is 94.0 Å². The fourth-order valence-corrected chi connectivity index (χ4v) is 2.99. The molecule has 0 atom stereocenters. The van der Waals surface area contributed by atoms with Crippen molar-refractivity contribution < 1.29 is 14.3 Å². The highest BCUT2D eigenvalue weighted by atomic mass is 16.4. The first kappa shape index (κ1) is 16.4. The first-order valence-electron chi connectivity index (χ1n) is 8.45. The maximum Gasteiger partial charge on any atom is 0.246 e. The van der Waals surface area contributed by atoms with E-state index in [1.807, 2.05) is 29.8 Å². The zero-order valence-corrected chi connectivity index (χ0v) is 14.3. The molecule has 0 radical (unpaired) electrons. The van der Waals surface area contributed by atoms with Crippen LogP contribution < -0.4 is 0 Å². The second-order valence-corrected chi connectivity index (χ2v) is 6.15. The van der Waals surface area contributed by atoms with E-state index < -0.39 is 0 Å². The van der Waals surface area contributed by atoms with Gasteiger partial charge in [0, 0.05) is 31.8 Å². The molecule has 26 heavy (non-hydrogen) atoms. The highest BCUT2D eigenvalue weighted by Gasteiger charge is 2.14. The molecular formula is C19H18N4O3. The van der Waals surface area contributed by atoms with Crippen molar-refractivity contribution in [2.75, 3.05) is 6.61 Å². The van der Waals surface area contributed by atoms with Gasteiger partial charge in [-0.05, 0) is 36.8 Å². The monoisotopic (exact) mass is 350 g/mol. The van der Waals surface area contributed by atoms with Crippen molar-refractivity contribution in [1.29, 1.82) is 0 Å². The average molecular weight is 350 g/mol. The zero-order valence-electron chi connectivity index (χ0n) is 14.3. The van der Waals surface area contributed by atoms with Crippen molar-refractivity contribution in [3.8, 4) is 0 Å². The van der Waals surface area contributed by atoms with Crippen molar-refractivity contribution in [3.63, 3.8) is 0 Å². The number of ketones is 1. The van der Waals surface area contributed by atoms with Gasteiger partial charge in [-0.1, -0.05) is 0 Å². The van der Waals surface area contributed by atoms with Crippen LogP contribution in [0.1, 0.15) is 34.9 Å². The van der Waals surface area contributed by atoms with Crippen LogP contribution in [0.4, 0.5) is 0 Å². The van der Waals surface area contributed by atoms with Gasteiger partial charge >= 0.3 is 0 Å². The van der Waals surface area contributed by atoms with Crippen LogP contribution in [0.3, 0.4) is 0 Å². The Hall–Kier alpha value is -3.06. The van der Waals surface area contributed by atoms with E-state index in [4.69, 9.17) is 9.52 Å². The molecule has 7 heteroatoms. The van der Waals surface area contributed by atoms with Crippen LogP contribution in [-0.2, 0) is 13.5 Å². The van der Waals surface area contributed by atoms with E-state index in [9.17, 15) is 4.79 Å². The van der Waals surface area contributed by atoms with E-state index in [-0.39, 0.29) is 12.4 Å². The van der Waals surface area contributed by atoms with Crippen LogP contribution in [0, 0.1) is 0 Å². The molecule has 7 nitrogen and oxygen atoms in total. The summed E-state index contributed by atoms with van der Waals surface area (Å²) in [6.45, 7) is 0.0150. The number of pyridine rings is 1. The van der Waals surface area contributed by atoms with Gasteiger partial charge in [0.05, 0.1) is 17.5 Å². The molecule has 0 saturated carbocycles. The molecular weight excluding hydrogens is 332 g/mol. The lowest BCUT2D eigenvalue weighted by Crippen LogP contribution is -2.00. The summed E-state index contributed by atoms with van der Waals surface area (Å²) in [5.41, 5.74) is 3.54. The SMILES string of the molecule is Cn1c(Cc2nc3cccnc3o2)nc2cc(C(=O)CCCO)ccc21. The molecule has 4 rings (SSSR count). The van der Waals surface area contributed by atoms with Crippen molar-refractivity contribution >= 4 is 28.0 Å². The molecule has 0 aliphatic rings. The maximum absolute atomic E-state index is 12.2. The number of aromatic nitrogens is 4. The number of aliphatic hydroxyl groups is 1. The Morgan fingerprint density at radius 2 is 2.12 bits per heavy atom. The van der Waals surface area contributed by atoms with Crippen molar-refractivity contribution in [2.24, 2.45) is 7.05 Å². The first-order chi connectivity index (χ1) is 12.7. The maximum atomic E-state index is 12.2. The standard InChI is InChI=1S/C19H18N4O3/c1-23-15-7-6-12(16(25)5-3-9-24)10-14(15)21-17(23)11-18-22-13-4-2-8-20-19(13)26-18/h2,4,6-8,10,24H,3,5,9,11H2,1H3. The largest absolute Gasteiger partial charge is 0.422 e. The number of rotatable bonds is 6. The number of hydrogen-bond donors (Lipinski definition) is 1.